The molecular weight excluding hydrogens is 392 g/mol. The van der Waals surface area contributed by atoms with Crippen molar-refractivity contribution in [3.05, 3.63) is 76.6 Å². The maximum atomic E-state index is 13.4. The zero-order chi connectivity index (χ0) is 21.3. The van der Waals surface area contributed by atoms with Gasteiger partial charge in [-0.15, -0.1) is 0 Å². The second-order valence-corrected chi connectivity index (χ2v) is 8.84. The SMILES string of the molecule is Cc1cc(C)c2nc(N(CCn3cccn3)C(=O)Cc3ccc(C)c(C)c3)sc2c1. The summed E-state index contributed by atoms with van der Waals surface area (Å²) in [6.07, 6.45) is 4.02. The summed E-state index contributed by atoms with van der Waals surface area (Å²) < 4.78 is 2.96. The zero-order valence-corrected chi connectivity index (χ0v) is 18.7. The molecule has 0 bridgehead atoms. The van der Waals surface area contributed by atoms with Crippen molar-refractivity contribution in [1.29, 1.82) is 0 Å². The Hall–Kier alpha value is -2.99. The summed E-state index contributed by atoms with van der Waals surface area (Å²) in [5.41, 5.74) is 6.79. The third-order valence-electron chi connectivity index (χ3n) is 5.39. The monoisotopic (exact) mass is 418 g/mol. The lowest BCUT2D eigenvalue weighted by Crippen LogP contribution is -2.35. The number of aryl methyl sites for hydroxylation is 4. The average Bonchev–Trinajstić information content (AvgIpc) is 3.35. The molecule has 1 amide bonds. The molecule has 2 aromatic heterocycles. The van der Waals surface area contributed by atoms with Crippen molar-refractivity contribution in [3.63, 3.8) is 0 Å². The first-order valence-electron chi connectivity index (χ1n) is 10.1. The van der Waals surface area contributed by atoms with Gasteiger partial charge < -0.3 is 0 Å². The van der Waals surface area contributed by atoms with Crippen LogP contribution in [0.25, 0.3) is 10.2 Å². The lowest BCUT2D eigenvalue weighted by atomic mass is 10.0. The number of carbonyl (C=O) groups is 1. The number of aromatic nitrogens is 3. The van der Waals surface area contributed by atoms with Gasteiger partial charge in [-0.25, -0.2) is 4.98 Å². The number of amides is 1. The molecule has 0 aliphatic rings. The third-order valence-corrected chi connectivity index (χ3v) is 6.41. The highest BCUT2D eigenvalue weighted by atomic mass is 32.1. The van der Waals surface area contributed by atoms with Gasteiger partial charge in [0.25, 0.3) is 0 Å². The van der Waals surface area contributed by atoms with E-state index < -0.39 is 0 Å². The highest BCUT2D eigenvalue weighted by Crippen LogP contribution is 2.32. The lowest BCUT2D eigenvalue weighted by Gasteiger charge is -2.20. The summed E-state index contributed by atoms with van der Waals surface area (Å²) in [6, 6.07) is 12.4. The fraction of sp³-hybridized carbons (Fsp3) is 0.292. The number of hydrogen-bond donors (Lipinski definition) is 0. The van der Waals surface area contributed by atoms with E-state index in [4.69, 9.17) is 4.98 Å². The van der Waals surface area contributed by atoms with Crippen LogP contribution in [0, 0.1) is 27.7 Å². The summed E-state index contributed by atoms with van der Waals surface area (Å²) in [5, 5.41) is 5.03. The molecule has 0 fully saturated rings. The molecule has 4 aromatic rings. The highest BCUT2D eigenvalue weighted by Gasteiger charge is 2.21. The van der Waals surface area contributed by atoms with E-state index in [-0.39, 0.29) is 5.91 Å². The molecule has 0 saturated carbocycles. The Morgan fingerprint density at radius 1 is 1.07 bits per heavy atom. The molecule has 154 valence electrons. The first-order valence-corrected chi connectivity index (χ1v) is 10.9. The van der Waals surface area contributed by atoms with E-state index in [9.17, 15) is 4.79 Å². The summed E-state index contributed by atoms with van der Waals surface area (Å²) >= 11 is 1.58. The molecule has 0 atom stereocenters. The quantitative estimate of drug-likeness (QED) is 0.443. The number of anilines is 1. The van der Waals surface area contributed by atoms with E-state index in [1.807, 2.05) is 27.9 Å². The van der Waals surface area contributed by atoms with E-state index in [0.29, 0.717) is 19.5 Å². The van der Waals surface area contributed by atoms with Crippen molar-refractivity contribution in [1.82, 2.24) is 14.8 Å². The van der Waals surface area contributed by atoms with Crippen LogP contribution in [0.1, 0.15) is 27.8 Å². The fourth-order valence-electron chi connectivity index (χ4n) is 3.62. The summed E-state index contributed by atoms with van der Waals surface area (Å²) in [6.45, 7) is 9.49. The van der Waals surface area contributed by atoms with Gasteiger partial charge in [0.1, 0.15) is 0 Å². The molecular formula is C24H26N4OS. The van der Waals surface area contributed by atoms with E-state index in [0.717, 1.165) is 26.5 Å². The molecule has 0 N–H and O–H groups in total. The number of benzene rings is 2. The van der Waals surface area contributed by atoms with Crippen molar-refractivity contribution in [3.8, 4) is 0 Å². The van der Waals surface area contributed by atoms with E-state index >= 15 is 0 Å². The second-order valence-electron chi connectivity index (χ2n) is 7.83. The zero-order valence-electron chi connectivity index (χ0n) is 17.8. The summed E-state index contributed by atoms with van der Waals surface area (Å²) in [7, 11) is 0. The predicted octanol–water partition coefficient (Wildman–Crippen LogP) is 5.00. The first kappa shape index (κ1) is 20.3. The molecule has 2 heterocycles. The van der Waals surface area contributed by atoms with Gasteiger partial charge in [-0.2, -0.15) is 5.10 Å². The van der Waals surface area contributed by atoms with Gasteiger partial charge in [-0.05, 0) is 67.6 Å². The van der Waals surface area contributed by atoms with Gasteiger partial charge >= 0.3 is 0 Å². The normalized spacial score (nSPS) is 11.2. The predicted molar refractivity (Wildman–Crippen MR) is 123 cm³/mol. The molecule has 0 unspecified atom stereocenters. The summed E-state index contributed by atoms with van der Waals surface area (Å²) in [4.78, 5) is 20.0. The highest BCUT2D eigenvalue weighted by molar-refractivity contribution is 7.22. The molecule has 0 spiro atoms. The minimum Gasteiger partial charge on any atom is -0.286 e. The van der Waals surface area contributed by atoms with Crippen LogP contribution in [0.2, 0.25) is 0 Å². The number of fused-ring (bicyclic) bond motifs is 1. The van der Waals surface area contributed by atoms with Crippen LogP contribution in [-0.4, -0.2) is 27.2 Å². The Balaban J connectivity index is 1.65. The molecule has 0 radical (unpaired) electrons. The maximum Gasteiger partial charge on any atom is 0.233 e. The van der Waals surface area contributed by atoms with Crippen molar-refractivity contribution >= 4 is 32.6 Å². The van der Waals surface area contributed by atoms with Crippen molar-refractivity contribution in [2.45, 2.75) is 40.7 Å². The molecule has 6 heteroatoms. The lowest BCUT2D eigenvalue weighted by molar-refractivity contribution is -0.118. The maximum absolute atomic E-state index is 13.4. The van der Waals surface area contributed by atoms with Crippen LogP contribution in [0.3, 0.4) is 0 Å². The van der Waals surface area contributed by atoms with Gasteiger partial charge in [0, 0.05) is 18.9 Å². The largest absolute Gasteiger partial charge is 0.286 e. The molecule has 30 heavy (non-hydrogen) atoms. The standard InChI is InChI=1S/C24H26N4OS/c1-16-12-19(4)23-21(13-16)30-24(26-23)28(11-10-27-9-5-8-25-27)22(29)15-20-7-6-17(2)18(3)14-20/h5-9,12-14H,10-11,15H2,1-4H3. The summed E-state index contributed by atoms with van der Waals surface area (Å²) in [5.74, 6) is 0.0545. The molecule has 2 aromatic carbocycles. The number of thiazole rings is 1. The topological polar surface area (TPSA) is 51.0 Å². The van der Waals surface area contributed by atoms with Gasteiger partial charge in [0.15, 0.2) is 5.13 Å². The third kappa shape index (κ3) is 4.28. The minimum absolute atomic E-state index is 0.0545. The van der Waals surface area contributed by atoms with Gasteiger partial charge in [-0.3, -0.25) is 14.4 Å². The molecule has 4 rings (SSSR count). The number of hydrogen-bond acceptors (Lipinski definition) is 4. The van der Waals surface area contributed by atoms with Crippen LogP contribution >= 0.6 is 11.3 Å². The molecule has 0 aliphatic carbocycles. The van der Waals surface area contributed by atoms with Crippen LogP contribution in [0.15, 0.2) is 48.8 Å². The van der Waals surface area contributed by atoms with E-state index in [1.54, 1.807) is 17.5 Å². The van der Waals surface area contributed by atoms with Gasteiger partial charge in [-0.1, -0.05) is 35.6 Å². The van der Waals surface area contributed by atoms with Crippen LogP contribution in [0.5, 0.6) is 0 Å². The van der Waals surface area contributed by atoms with E-state index in [2.05, 4.69) is 57.1 Å². The Kier molecular flexibility index (Phi) is 5.68. The van der Waals surface area contributed by atoms with Crippen LogP contribution in [-0.2, 0) is 17.8 Å². The Labute approximate surface area is 181 Å². The molecule has 0 saturated heterocycles. The van der Waals surface area contributed by atoms with Crippen molar-refractivity contribution in [2.24, 2.45) is 0 Å². The Morgan fingerprint density at radius 3 is 2.63 bits per heavy atom. The number of carbonyl (C=O) groups excluding carboxylic acids is 1. The average molecular weight is 419 g/mol. The van der Waals surface area contributed by atoms with Gasteiger partial charge in [0.05, 0.1) is 23.2 Å². The van der Waals surface area contributed by atoms with Gasteiger partial charge in [0.2, 0.25) is 5.91 Å². The number of rotatable bonds is 6. The van der Waals surface area contributed by atoms with Crippen LogP contribution in [0.4, 0.5) is 5.13 Å². The number of nitrogens with zero attached hydrogens (tertiary/aromatic N) is 4. The first-order chi connectivity index (χ1) is 14.4. The molecule has 0 aliphatic heterocycles. The smallest absolute Gasteiger partial charge is 0.233 e. The Morgan fingerprint density at radius 2 is 1.90 bits per heavy atom. The van der Waals surface area contributed by atoms with Crippen molar-refractivity contribution < 1.29 is 4.79 Å². The Bertz CT molecular complexity index is 1190. The second kappa shape index (κ2) is 8.40. The van der Waals surface area contributed by atoms with Crippen LogP contribution < -0.4 is 4.90 Å². The molecule has 5 nitrogen and oxygen atoms in total. The fourth-order valence-corrected chi connectivity index (χ4v) is 4.81. The van der Waals surface area contributed by atoms with Crippen molar-refractivity contribution in [2.75, 3.05) is 11.4 Å². The minimum atomic E-state index is 0.0545. The van der Waals surface area contributed by atoms with E-state index in [1.165, 1.54) is 16.7 Å².